The van der Waals surface area contributed by atoms with Gasteiger partial charge in [-0.3, -0.25) is 0 Å². The fourth-order valence-electron chi connectivity index (χ4n) is 3.46. The number of oxazole rings is 1. The van der Waals surface area contributed by atoms with Gasteiger partial charge in [0.05, 0.1) is 0 Å². The zero-order valence-corrected chi connectivity index (χ0v) is 17.8. The van der Waals surface area contributed by atoms with Crippen LogP contribution in [0, 0.1) is 18.3 Å². The summed E-state index contributed by atoms with van der Waals surface area (Å²) in [5, 5.41) is 9.68. The monoisotopic (exact) mass is 442 g/mol. The van der Waals surface area contributed by atoms with E-state index in [1.54, 1.807) is 12.1 Å². The minimum absolute atomic E-state index is 0.126. The molecule has 0 spiro atoms. The van der Waals surface area contributed by atoms with Gasteiger partial charge in [0, 0.05) is 42.5 Å². The van der Waals surface area contributed by atoms with Crippen molar-refractivity contribution in [1.82, 2.24) is 9.29 Å². The third-order valence-corrected chi connectivity index (χ3v) is 7.09. The number of aryl methyl sites for hydroxylation is 1. The molecular formula is C21H19ClN4O3S. The van der Waals surface area contributed by atoms with Crippen LogP contribution in [0.4, 0.5) is 5.69 Å². The standard InChI is InChI=1S/C21H19ClN4O3S/c1-15-5-2-3-8-18(15)20-24-19(14-23)21(29-20)30(27,28)26-11-9-25(10-12-26)17-7-4-6-16(22)13-17/h2-8,13H,9-12H2,1H3. The summed E-state index contributed by atoms with van der Waals surface area (Å²) in [7, 11) is -3.99. The number of hydrogen-bond donors (Lipinski definition) is 0. The van der Waals surface area contributed by atoms with Gasteiger partial charge in [0.25, 0.3) is 15.1 Å². The van der Waals surface area contributed by atoms with Crippen LogP contribution in [0.5, 0.6) is 0 Å². The van der Waals surface area contributed by atoms with Crippen molar-refractivity contribution in [3.8, 4) is 17.5 Å². The number of anilines is 1. The summed E-state index contributed by atoms with van der Waals surface area (Å²) in [6.07, 6.45) is 0. The Morgan fingerprint density at radius 1 is 1.10 bits per heavy atom. The number of rotatable bonds is 4. The number of piperazine rings is 1. The van der Waals surface area contributed by atoms with E-state index < -0.39 is 15.1 Å². The Labute approximate surface area is 180 Å². The zero-order chi connectivity index (χ0) is 21.3. The molecule has 0 unspecified atom stereocenters. The van der Waals surface area contributed by atoms with Crippen molar-refractivity contribution in [2.45, 2.75) is 12.0 Å². The molecule has 4 rings (SSSR count). The van der Waals surface area contributed by atoms with E-state index in [0.29, 0.717) is 23.7 Å². The van der Waals surface area contributed by atoms with Crippen LogP contribution in [0.3, 0.4) is 0 Å². The molecule has 0 saturated carbocycles. The molecule has 30 heavy (non-hydrogen) atoms. The maximum absolute atomic E-state index is 13.2. The molecule has 1 aromatic heterocycles. The highest BCUT2D eigenvalue weighted by Gasteiger charge is 2.35. The van der Waals surface area contributed by atoms with Crippen LogP contribution in [0.1, 0.15) is 11.3 Å². The number of nitriles is 1. The van der Waals surface area contributed by atoms with E-state index in [0.717, 1.165) is 11.3 Å². The molecule has 0 aliphatic carbocycles. The van der Waals surface area contributed by atoms with Gasteiger partial charge in [-0.15, -0.1) is 0 Å². The van der Waals surface area contributed by atoms with E-state index in [9.17, 15) is 13.7 Å². The Kier molecular flexibility index (Phi) is 5.52. The summed E-state index contributed by atoms with van der Waals surface area (Å²) >= 11 is 6.06. The van der Waals surface area contributed by atoms with Gasteiger partial charge < -0.3 is 9.32 Å². The largest absolute Gasteiger partial charge is 0.422 e. The van der Waals surface area contributed by atoms with Crippen LogP contribution in [-0.2, 0) is 10.0 Å². The normalized spacial score (nSPS) is 15.2. The molecule has 0 atom stereocenters. The first-order valence-electron chi connectivity index (χ1n) is 9.38. The third-order valence-electron chi connectivity index (χ3n) is 5.06. The summed E-state index contributed by atoms with van der Waals surface area (Å²) < 4.78 is 33.3. The second kappa shape index (κ2) is 8.11. The highest BCUT2D eigenvalue weighted by atomic mass is 35.5. The molecular weight excluding hydrogens is 424 g/mol. The topological polar surface area (TPSA) is 90.4 Å². The molecule has 0 bridgehead atoms. The Bertz CT molecular complexity index is 1230. The maximum atomic E-state index is 13.2. The number of halogens is 1. The molecule has 2 aromatic carbocycles. The Morgan fingerprint density at radius 2 is 1.83 bits per heavy atom. The van der Waals surface area contributed by atoms with Crippen molar-refractivity contribution >= 4 is 27.3 Å². The predicted molar refractivity (Wildman–Crippen MR) is 114 cm³/mol. The smallest absolute Gasteiger partial charge is 0.279 e. The lowest BCUT2D eigenvalue weighted by Gasteiger charge is -2.34. The van der Waals surface area contributed by atoms with Gasteiger partial charge in [0.15, 0.2) is 5.69 Å². The molecule has 1 aliphatic rings. The second-order valence-electron chi connectivity index (χ2n) is 6.95. The molecule has 1 saturated heterocycles. The third kappa shape index (κ3) is 3.79. The molecule has 1 fully saturated rings. The van der Waals surface area contributed by atoms with Crippen molar-refractivity contribution in [3.63, 3.8) is 0 Å². The molecule has 0 radical (unpaired) electrons. The molecule has 0 N–H and O–H groups in total. The van der Waals surface area contributed by atoms with Crippen molar-refractivity contribution < 1.29 is 12.8 Å². The number of nitrogens with zero attached hydrogens (tertiary/aromatic N) is 4. The zero-order valence-electron chi connectivity index (χ0n) is 16.2. The summed E-state index contributed by atoms with van der Waals surface area (Å²) in [6, 6.07) is 16.6. The van der Waals surface area contributed by atoms with Crippen LogP contribution in [0.15, 0.2) is 58.0 Å². The van der Waals surface area contributed by atoms with E-state index in [4.69, 9.17) is 16.0 Å². The van der Waals surface area contributed by atoms with Crippen molar-refractivity contribution in [1.29, 1.82) is 5.26 Å². The number of hydrogen-bond acceptors (Lipinski definition) is 6. The van der Waals surface area contributed by atoms with Crippen molar-refractivity contribution in [3.05, 3.63) is 64.8 Å². The molecule has 154 valence electrons. The number of aromatic nitrogens is 1. The Hall–Kier alpha value is -2.86. The fraction of sp³-hybridized carbons (Fsp3) is 0.238. The lowest BCUT2D eigenvalue weighted by molar-refractivity contribution is 0.363. The number of benzene rings is 2. The van der Waals surface area contributed by atoms with E-state index in [1.807, 2.05) is 49.4 Å². The van der Waals surface area contributed by atoms with Crippen molar-refractivity contribution in [2.24, 2.45) is 0 Å². The lowest BCUT2D eigenvalue weighted by atomic mass is 10.1. The Morgan fingerprint density at radius 3 is 2.50 bits per heavy atom. The SMILES string of the molecule is Cc1ccccc1-c1nc(C#N)c(S(=O)(=O)N2CCN(c3cccc(Cl)c3)CC2)o1. The minimum atomic E-state index is -3.99. The second-order valence-corrected chi connectivity index (χ2v) is 9.23. The van der Waals surface area contributed by atoms with Crippen LogP contribution in [0.25, 0.3) is 11.5 Å². The first kappa shape index (κ1) is 20.4. The highest BCUT2D eigenvalue weighted by molar-refractivity contribution is 7.89. The van der Waals surface area contributed by atoms with Crippen LogP contribution >= 0.6 is 11.6 Å². The van der Waals surface area contributed by atoms with Crippen LogP contribution < -0.4 is 4.90 Å². The Balaban J connectivity index is 1.59. The van der Waals surface area contributed by atoms with Crippen molar-refractivity contribution in [2.75, 3.05) is 31.1 Å². The molecule has 1 aliphatic heterocycles. The average molecular weight is 443 g/mol. The van der Waals surface area contributed by atoms with Gasteiger partial charge in [0.1, 0.15) is 6.07 Å². The summed E-state index contributed by atoms with van der Waals surface area (Å²) in [5.41, 5.74) is 2.24. The predicted octanol–water partition coefficient (Wildman–Crippen LogP) is 3.69. The summed E-state index contributed by atoms with van der Waals surface area (Å²) in [6.45, 7) is 3.40. The maximum Gasteiger partial charge on any atom is 0.279 e. The molecule has 9 heteroatoms. The summed E-state index contributed by atoms with van der Waals surface area (Å²) in [4.78, 5) is 6.21. The minimum Gasteiger partial charge on any atom is -0.422 e. The average Bonchev–Trinajstić information content (AvgIpc) is 3.19. The van der Waals surface area contributed by atoms with Gasteiger partial charge in [-0.05, 0) is 36.8 Å². The van der Waals surface area contributed by atoms with E-state index in [2.05, 4.69) is 9.88 Å². The molecule has 3 aromatic rings. The van der Waals surface area contributed by atoms with Gasteiger partial charge in [-0.1, -0.05) is 35.9 Å². The van der Waals surface area contributed by atoms with E-state index >= 15 is 0 Å². The molecule has 7 nitrogen and oxygen atoms in total. The highest BCUT2D eigenvalue weighted by Crippen LogP contribution is 2.30. The van der Waals surface area contributed by atoms with Crippen LogP contribution in [0.2, 0.25) is 5.02 Å². The lowest BCUT2D eigenvalue weighted by Crippen LogP contribution is -2.48. The number of sulfonamides is 1. The fourth-order valence-corrected chi connectivity index (χ4v) is 5.04. The van der Waals surface area contributed by atoms with Gasteiger partial charge in [-0.2, -0.15) is 14.6 Å². The van der Waals surface area contributed by atoms with E-state index in [1.165, 1.54) is 4.31 Å². The molecule has 0 amide bonds. The summed E-state index contributed by atoms with van der Waals surface area (Å²) in [5.74, 6) is 0.126. The van der Waals surface area contributed by atoms with E-state index in [-0.39, 0.29) is 24.7 Å². The first-order chi connectivity index (χ1) is 14.4. The van der Waals surface area contributed by atoms with Crippen LogP contribution in [-0.4, -0.2) is 43.9 Å². The van der Waals surface area contributed by atoms with Gasteiger partial charge in [0.2, 0.25) is 5.89 Å². The first-order valence-corrected chi connectivity index (χ1v) is 11.2. The molecule has 2 heterocycles. The van der Waals surface area contributed by atoms with Gasteiger partial charge >= 0.3 is 0 Å². The van der Waals surface area contributed by atoms with Gasteiger partial charge in [-0.25, -0.2) is 8.42 Å². The quantitative estimate of drug-likeness (QED) is 0.612.